The van der Waals surface area contributed by atoms with Crippen LogP contribution in [-0.2, 0) is 4.79 Å². The number of amides is 1. The number of nitrogens with one attached hydrogen (secondary N) is 1. The molecule has 18 heavy (non-hydrogen) atoms. The minimum absolute atomic E-state index is 0.0391. The van der Waals surface area contributed by atoms with Gasteiger partial charge in [0.25, 0.3) is 0 Å². The Morgan fingerprint density at radius 3 is 2.61 bits per heavy atom. The third kappa shape index (κ3) is 3.23. The number of carbonyl (C=O) groups is 1. The zero-order valence-electron chi connectivity index (χ0n) is 11.7. The summed E-state index contributed by atoms with van der Waals surface area (Å²) in [5.74, 6) is 0.737. The molecule has 0 spiro atoms. The van der Waals surface area contributed by atoms with Gasteiger partial charge < -0.3 is 11.1 Å². The maximum absolute atomic E-state index is 12.1. The van der Waals surface area contributed by atoms with Crippen LogP contribution in [0, 0.1) is 5.92 Å². The molecule has 2 aliphatic carbocycles. The molecule has 0 saturated heterocycles. The lowest BCUT2D eigenvalue weighted by atomic mass is 9.83. The first-order chi connectivity index (χ1) is 8.63. The van der Waals surface area contributed by atoms with E-state index >= 15 is 0 Å². The van der Waals surface area contributed by atoms with E-state index in [1.807, 2.05) is 6.92 Å². The molecule has 3 atom stereocenters. The molecule has 104 valence electrons. The quantitative estimate of drug-likeness (QED) is 0.771. The molecular formula is C14H27N3O. The Morgan fingerprint density at radius 1 is 1.33 bits per heavy atom. The highest BCUT2D eigenvalue weighted by Gasteiger charge is 2.33. The summed E-state index contributed by atoms with van der Waals surface area (Å²) in [5, 5.41) is 3.09. The molecule has 4 heteroatoms. The number of nitrogens with zero attached hydrogens (tertiary/aromatic N) is 1. The molecule has 3 unspecified atom stereocenters. The normalized spacial score (nSPS) is 30.2. The minimum Gasteiger partial charge on any atom is -0.352 e. The van der Waals surface area contributed by atoms with Gasteiger partial charge in [-0.15, -0.1) is 0 Å². The molecule has 4 nitrogen and oxygen atoms in total. The Morgan fingerprint density at radius 2 is 2.00 bits per heavy atom. The lowest BCUT2D eigenvalue weighted by molar-refractivity contribution is -0.127. The van der Waals surface area contributed by atoms with Gasteiger partial charge in [0.2, 0.25) is 5.91 Å². The Balaban J connectivity index is 1.90. The van der Waals surface area contributed by atoms with Crippen molar-refractivity contribution in [1.29, 1.82) is 0 Å². The molecular weight excluding hydrogens is 226 g/mol. The first-order valence-electron chi connectivity index (χ1n) is 7.36. The lowest BCUT2D eigenvalue weighted by Gasteiger charge is -2.40. The van der Waals surface area contributed by atoms with Gasteiger partial charge in [-0.05, 0) is 52.1 Å². The van der Waals surface area contributed by atoms with Gasteiger partial charge in [0, 0.05) is 12.1 Å². The van der Waals surface area contributed by atoms with Crippen LogP contribution < -0.4 is 11.1 Å². The van der Waals surface area contributed by atoms with Gasteiger partial charge in [0.15, 0.2) is 0 Å². The summed E-state index contributed by atoms with van der Waals surface area (Å²) in [4.78, 5) is 14.3. The van der Waals surface area contributed by atoms with Crippen LogP contribution in [0.4, 0.5) is 0 Å². The fraction of sp³-hybridized carbons (Fsp3) is 0.929. The van der Waals surface area contributed by atoms with Crippen molar-refractivity contribution >= 4 is 5.91 Å². The maximum atomic E-state index is 12.1. The Hall–Kier alpha value is -0.610. The van der Waals surface area contributed by atoms with E-state index < -0.39 is 0 Å². The zero-order valence-corrected chi connectivity index (χ0v) is 11.7. The molecule has 0 heterocycles. The Kier molecular flexibility index (Phi) is 4.62. The molecule has 1 amide bonds. The predicted molar refractivity (Wildman–Crippen MR) is 73.2 cm³/mol. The van der Waals surface area contributed by atoms with Crippen LogP contribution in [0.15, 0.2) is 0 Å². The first kappa shape index (κ1) is 13.8. The smallest absolute Gasteiger partial charge is 0.237 e. The SMILES string of the molecule is CC(C(=O)NC1CC1)N(C)C1CCCCC1CN. The summed E-state index contributed by atoms with van der Waals surface area (Å²) in [6.45, 7) is 2.76. The Labute approximate surface area is 110 Å². The van der Waals surface area contributed by atoms with Crippen molar-refractivity contribution in [1.82, 2.24) is 10.2 Å². The Bertz CT molecular complexity index is 291. The summed E-state index contributed by atoms with van der Waals surface area (Å²) in [6, 6.07) is 0.886. The summed E-state index contributed by atoms with van der Waals surface area (Å²) < 4.78 is 0. The monoisotopic (exact) mass is 253 g/mol. The van der Waals surface area contributed by atoms with Crippen molar-refractivity contribution in [2.75, 3.05) is 13.6 Å². The molecule has 0 aliphatic heterocycles. The third-order valence-electron chi connectivity index (χ3n) is 4.61. The fourth-order valence-electron chi connectivity index (χ4n) is 3.02. The average Bonchev–Trinajstić information content (AvgIpc) is 3.20. The number of hydrogen-bond donors (Lipinski definition) is 2. The zero-order chi connectivity index (χ0) is 13.1. The van der Waals surface area contributed by atoms with Gasteiger partial charge in [-0.3, -0.25) is 9.69 Å². The van der Waals surface area contributed by atoms with E-state index in [-0.39, 0.29) is 11.9 Å². The fourth-order valence-corrected chi connectivity index (χ4v) is 3.02. The molecule has 2 aliphatic rings. The van der Waals surface area contributed by atoms with Crippen LogP contribution >= 0.6 is 0 Å². The second-order valence-corrected chi connectivity index (χ2v) is 5.97. The molecule has 0 bridgehead atoms. The minimum atomic E-state index is -0.0391. The van der Waals surface area contributed by atoms with Crippen LogP contribution in [0.2, 0.25) is 0 Å². The van der Waals surface area contributed by atoms with Crippen LogP contribution in [0.1, 0.15) is 45.4 Å². The van der Waals surface area contributed by atoms with Crippen LogP contribution in [-0.4, -0.2) is 42.5 Å². The van der Waals surface area contributed by atoms with E-state index in [0.29, 0.717) is 18.0 Å². The number of rotatable bonds is 5. The molecule has 2 saturated carbocycles. The summed E-state index contributed by atoms with van der Waals surface area (Å²) in [7, 11) is 2.08. The van der Waals surface area contributed by atoms with Crippen molar-refractivity contribution in [3.05, 3.63) is 0 Å². The van der Waals surface area contributed by atoms with E-state index in [2.05, 4.69) is 17.3 Å². The molecule has 2 fully saturated rings. The summed E-state index contributed by atoms with van der Waals surface area (Å²) in [6.07, 6.45) is 7.24. The van der Waals surface area contributed by atoms with Gasteiger partial charge in [-0.1, -0.05) is 12.8 Å². The maximum Gasteiger partial charge on any atom is 0.237 e. The van der Waals surface area contributed by atoms with Crippen LogP contribution in [0.25, 0.3) is 0 Å². The number of hydrogen-bond acceptors (Lipinski definition) is 3. The lowest BCUT2D eigenvalue weighted by Crippen LogP contribution is -2.52. The van der Waals surface area contributed by atoms with Crippen molar-refractivity contribution in [2.24, 2.45) is 11.7 Å². The first-order valence-corrected chi connectivity index (χ1v) is 7.36. The van der Waals surface area contributed by atoms with E-state index in [1.54, 1.807) is 0 Å². The standard InChI is InChI=1S/C14H27N3O/c1-10(14(18)16-12-7-8-12)17(2)13-6-4-3-5-11(13)9-15/h10-13H,3-9,15H2,1-2H3,(H,16,18). The van der Waals surface area contributed by atoms with E-state index in [4.69, 9.17) is 5.73 Å². The predicted octanol–water partition coefficient (Wildman–Crippen LogP) is 1.10. The second-order valence-electron chi connectivity index (χ2n) is 5.97. The molecule has 3 N–H and O–H groups in total. The summed E-state index contributed by atoms with van der Waals surface area (Å²) in [5.41, 5.74) is 5.87. The van der Waals surface area contributed by atoms with Gasteiger partial charge in [-0.25, -0.2) is 0 Å². The highest BCUT2D eigenvalue weighted by molar-refractivity contribution is 5.81. The largest absolute Gasteiger partial charge is 0.352 e. The number of nitrogens with two attached hydrogens (primary N) is 1. The van der Waals surface area contributed by atoms with Crippen LogP contribution in [0.5, 0.6) is 0 Å². The van der Waals surface area contributed by atoms with Crippen molar-refractivity contribution in [3.8, 4) is 0 Å². The van der Waals surface area contributed by atoms with E-state index in [0.717, 1.165) is 19.4 Å². The molecule has 0 radical (unpaired) electrons. The van der Waals surface area contributed by atoms with Gasteiger partial charge >= 0.3 is 0 Å². The molecule has 2 rings (SSSR count). The van der Waals surface area contributed by atoms with Gasteiger partial charge in [0.1, 0.15) is 0 Å². The van der Waals surface area contributed by atoms with Crippen molar-refractivity contribution in [2.45, 2.75) is 63.6 Å². The molecule has 0 aromatic carbocycles. The summed E-state index contributed by atoms with van der Waals surface area (Å²) >= 11 is 0. The van der Waals surface area contributed by atoms with Crippen molar-refractivity contribution < 1.29 is 4.79 Å². The van der Waals surface area contributed by atoms with Crippen molar-refractivity contribution in [3.63, 3.8) is 0 Å². The average molecular weight is 253 g/mol. The van der Waals surface area contributed by atoms with Crippen LogP contribution in [0.3, 0.4) is 0 Å². The van der Waals surface area contributed by atoms with E-state index in [9.17, 15) is 4.79 Å². The second kappa shape index (κ2) is 6.02. The highest BCUT2D eigenvalue weighted by Crippen LogP contribution is 2.28. The number of carbonyl (C=O) groups excluding carboxylic acids is 1. The molecule has 0 aromatic heterocycles. The third-order valence-corrected chi connectivity index (χ3v) is 4.61. The van der Waals surface area contributed by atoms with Gasteiger partial charge in [-0.2, -0.15) is 0 Å². The topological polar surface area (TPSA) is 58.4 Å². The number of likely N-dealkylation sites (N-methyl/N-ethyl adjacent to an activating group) is 1. The molecule has 0 aromatic rings. The van der Waals surface area contributed by atoms with E-state index in [1.165, 1.54) is 25.7 Å². The van der Waals surface area contributed by atoms with Gasteiger partial charge in [0.05, 0.1) is 6.04 Å². The highest BCUT2D eigenvalue weighted by atomic mass is 16.2.